The highest BCUT2D eigenvalue weighted by atomic mass is 19.4. The third-order valence-corrected chi connectivity index (χ3v) is 6.26. The molecule has 5 heterocycles. The molecule has 1 unspecified atom stereocenters. The minimum Gasteiger partial charge on any atom is -0.473 e. The van der Waals surface area contributed by atoms with Crippen LogP contribution in [0.3, 0.4) is 0 Å². The van der Waals surface area contributed by atoms with E-state index in [1.165, 1.54) is 12.4 Å². The smallest absolute Gasteiger partial charge is 0.417 e. The summed E-state index contributed by atoms with van der Waals surface area (Å²) in [7, 11) is 2.05. The molecule has 4 aromatic rings. The van der Waals surface area contributed by atoms with Crippen molar-refractivity contribution < 1.29 is 17.9 Å². The summed E-state index contributed by atoms with van der Waals surface area (Å²) in [6.07, 6.45) is 1.82. The highest BCUT2D eigenvalue weighted by Crippen LogP contribution is 2.35. The van der Waals surface area contributed by atoms with Gasteiger partial charge < -0.3 is 19.9 Å². The first-order chi connectivity index (χ1) is 17.7. The number of halogens is 3. The molecule has 0 aromatic carbocycles. The Morgan fingerprint density at radius 1 is 1.22 bits per heavy atom. The molecule has 5 rings (SSSR count). The predicted molar refractivity (Wildman–Crippen MR) is 130 cm³/mol. The number of ether oxygens (including phenoxy) is 1. The quantitative estimate of drug-likeness (QED) is 0.390. The maximum absolute atomic E-state index is 13.3. The Bertz CT molecular complexity index is 1460. The molecule has 0 radical (unpaired) electrons. The van der Waals surface area contributed by atoms with Crippen LogP contribution < -0.4 is 10.1 Å². The van der Waals surface area contributed by atoms with Crippen molar-refractivity contribution in [2.75, 3.05) is 25.5 Å². The van der Waals surface area contributed by atoms with E-state index in [2.05, 4.69) is 42.2 Å². The van der Waals surface area contributed by atoms with Gasteiger partial charge in [-0.3, -0.25) is 0 Å². The van der Waals surface area contributed by atoms with Gasteiger partial charge in [-0.05, 0) is 32.0 Å². The molecule has 0 amide bonds. The Morgan fingerprint density at radius 3 is 2.73 bits per heavy atom. The van der Waals surface area contributed by atoms with Gasteiger partial charge in [0.15, 0.2) is 0 Å². The molecule has 0 bridgehead atoms. The van der Waals surface area contributed by atoms with Crippen LogP contribution in [0.15, 0.2) is 43.0 Å². The van der Waals surface area contributed by atoms with Gasteiger partial charge in [0, 0.05) is 48.7 Å². The Balaban J connectivity index is 1.38. The standard InChI is InChI=1S/C25H23F3N8O/c1-14(15-3-4-21(30-9-15)37-18-5-6-36(2)13-18)34-24-33-10-16(8-29)22(35-24)20-12-32-23-19(20)7-17(11-31-23)25(26,27)28/h3-4,7,9-12,14,18H,5-6,13H2,1-2H3,(H,31,32)(H,33,34,35)/t14?,18-/m1/s1. The van der Waals surface area contributed by atoms with Crippen molar-refractivity contribution in [3.63, 3.8) is 0 Å². The number of aromatic amines is 1. The molecular weight excluding hydrogens is 485 g/mol. The van der Waals surface area contributed by atoms with Gasteiger partial charge >= 0.3 is 6.18 Å². The van der Waals surface area contributed by atoms with E-state index in [1.54, 1.807) is 6.20 Å². The molecular formula is C25H23F3N8O. The lowest BCUT2D eigenvalue weighted by molar-refractivity contribution is -0.137. The second-order valence-corrected chi connectivity index (χ2v) is 8.97. The molecule has 0 spiro atoms. The predicted octanol–water partition coefficient (Wildman–Crippen LogP) is 4.56. The van der Waals surface area contributed by atoms with Crippen LogP contribution in [-0.2, 0) is 6.18 Å². The third kappa shape index (κ3) is 5.17. The highest BCUT2D eigenvalue weighted by Gasteiger charge is 2.32. The maximum atomic E-state index is 13.3. The summed E-state index contributed by atoms with van der Waals surface area (Å²) in [5, 5.41) is 13.0. The first-order valence-corrected chi connectivity index (χ1v) is 11.6. The zero-order chi connectivity index (χ0) is 26.2. The van der Waals surface area contributed by atoms with Crippen molar-refractivity contribution >= 4 is 17.0 Å². The summed E-state index contributed by atoms with van der Waals surface area (Å²) in [5.41, 5.74) is 0.868. The maximum Gasteiger partial charge on any atom is 0.417 e. The molecule has 4 aromatic heterocycles. The number of hydrogen-bond donors (Lipinski definition) is 2. The lowest BCUT2D eigenvalue weighted by Gasteiger charge is -2.16. The van der Waals surface area contributed by atoms with E-state index < -0.39 is 11.7 Å². The van der Waals surface area contributed by atoms with Crippen LogP contribution in [0.25, 0.3) is 22.3 Å². The number of anilines is 1. The number of likely N-dealkylation sites (tertiary alicyclic amines) is 1. The second-order valence-electron chi connectivity index (χ2n) is 8.97. The van der Waals surface area contributed by atoms with Gasteiger partial charge in [0.2, 0.25) is 11.8 Å². The van der Waals surface area contributed by atoms with Crippen molar-refractivity contribution in [1.82, 2.24) is 29.8 Å². The molecule has 1 fully saturated rings. The number of nitrogens with zero attached hydrogens (tertiary/aromatic N) is 6. The number of pyridine rings is 2. The minimum absolute atomic E-state index is 0.122. The van der Waals surface area contributed by atoms with Crippen molar-refractivity contribution in [3.05, 3.63) is 59.7 Å². The number of aromatic nitrogens is 5. The lowest BCUT2D eigenvalue weighted by Crippen LogP contribution is -2.21. The zero-order valence-corrected chi connectivity index (χ0v) is 20.0. The second kappa shape index (κ2) is 9.67. The van der Waals surface area contributed by atoms with E-state index in [4.69, 9.17) is 4.74 Å². The van der Waals surface area contributed by atoms with Crippen LogP contribution in [0, 0.1) is 11.3 Å². The van der Waals surface area contributed by atoms with Crippen LogP contribution in [0.4, 0.5) is 19.1 Å². The normalized spacial score (nSPS) is 17.0. The summed E-state index contributed by atoms with van der Waals surface area (Å²) in [4.78, 5) is 22.0. The number of fused-ring (bicyclic) bond motifs is 1. The Morgan fingerprint density at radius 2 is 2.05 bits per heavy atom. The molecule has 2 atom stereocenters. The molecule has 37 heavy (non-hydrogen) atoms. The Kier molecular flexibility index (Phi) is 6.39. The molecule has 0 saturated carbocycles. The summed E-state index contributed by atoms with van der Waals surface area (Å²) in [5.74, 6) is 0.768. The first kappa shape index (κ1) is 24.5. The van der Waals surface area contributed by atoms with Crippen LogP contribution in [-0.4, -0.2) is 56.1 Å². The van der Waals surface area contributed by atoms with E-state index in [0.29, 0.717) is 11.4 Å². The van der Waals surface area contributed by atoms with Gasteiger partial charge in [0.1, 0.15) is 17.8 Å². The number of nitrogens with one attached hydrogen (secondary N) is 2. The molecule has 190 valence electrons. The van der Waals surface area contributed by atoms with Crippen LogP contribution in [0.1, 0.15) is 36.1 Å². The summed E-state index contributed by atoms with van der Waals surface area (Å²) >= 11 is 0. The summed E-state index contributed by atoms with van der Waals surface area (Å²) in [6.45, 7) is 3.76. The minimum atomic E-state index is -4.55. The number of H-pyrrole nitrogens is 1. The van der Waals surface area contributed by atoms with Crippen molar-refractivity contribution in [1.29, 1.82) is 5.26 Å². The van der Waals surface area contributed by atoms with Crippen LogP contribution in [0.5, 0.6) is 5.88 Å². The van der Waals surface area contributed by atoms with Gasteiger partial charge in [0.05, 0.1) is 29.1 Å². The average molecular weight is 509 g/mol. The molecule has 1 aliphatic rings. The topological polar surface area (TPSA) is 116 Å². The molecule has 12 heteroatoms. The summed E-state index contributed by atoms with van der Waals surface area (Å²) in [6, 6.07) is 6.46. The van der Waals surface area contributed by atoms with Crippen molar-refractivity contribution in [3.8, 4) is 23.2 Å². The van der Waals surface area contributed by atoms with Crippen molar-refractivity contribution in [2.24, 2.45) is 0 Å². The third-order valence-electron chi connectivity index (χ3n) is 6.26. The number of alkyl halides is 3. The molecule has 1 aliphatic heterocycles. The lowest BCUT2D eigenvalue weighted by atomic mass is 10.1. The largest absolute Gasteiger partial charge is 0.473 e. The fraction of sp³-hybridized carbons (Fsp3) is 0.320. The molecule has 2 N–H and O–H groups in total. The number of hydrogen-bond acceptors (Lipinski definition) is 8. The Labute approximate surface area is 210 Å². The van der Waals surface area contributed by atoms with E-state index in [-0.39, 0.29) is 40.4 Å². The van der Waals surface area contributed by atoms with Gasteiger partial charge in [-0.2, -0.15) is 18.4 Å². The number of likely N-dealkylation sites (N-methyl/N-ethyl adjacent to an activating group) is 1. The summed E-state index contributed by atoms with van der Waals surface area (Å²) < 4.78 is 45.7. The van der Waals surface area contributed by atoms with Gasteiger partial charge in [-0.15, -0.1) is 0 Å². The molecule has 1 saturated heterocycles. The highest BCUT2D eigenvalue weighted by molar-refractivity contribution is 5.94. The van der Waals surface area contributed by atoms with Gasteiger partial charge in [-0.25, -0.2) is 19.9 Å². The SMILES string of the molecule is CC(Nc1ncc(C#N)c(-c2c[nH]c3ncc(C(F)(F)F)cc23)n1)c1ccc(O[C@@H]2CCN(C)C2)nc1. The monoisotopic (exact) mass is 508 g/mol. The number of nitriles is 1. The fourth-order valence-corrected chi connectivity index (χ4v) is 4.25. The van der Waals surface area contributed by atoms with Crippen LogP contribution in [0.2, 0.25) is 0 Å². The first-order valence-electron chi connectivity index (χ1n) is 11.6. The van der Waals surface area contributed by atoms with Gasteiger partial charge in [0.25, 0.3) is 0 Å². The van der Waals surface area contributed by atoms with E-state index >= 15 is 0 Å². The van der Waals surface area contributed by atoms with E-state index in [0.717, 1.165) is 37.3 Å². The average Bonchev–Trinajstić information content (AvgIpc) is 3.49. The molecule has 9 nitrogen and oxygen atoms in total. The van der Waals surface area contributed by atoms with Crippen LogP contribution >= 0.6 is 0 Å². The van der Waals surface area contributed by atoms with Crippen molar-refractivity contribution in [2.45, 2.75) is 31.7 Å². The van der Waals surface area contributed by atoms with E-state index in [1.807, 2.05) is 25.1 Å². The Hall–Kier alpha value is -4.24. The van der Waals surface area contributed by atoms with Gasteiger partial charge in [-0.1, -0.05) is 6.07 Å². The van der Waals surface area contributed by atoms with E-state index in [9.17, 15) is 18.4 Å². The molecule has 0 aliphatic carbocycles. The number of rotatable bonds is 6. The fourth-order valence-electron chi connectivity index (χ4n) is 4.25. The zero-order valence-electron chi connectivity index (χ0n) is 20.0.